The van der Waals surface area contributed by atoms with Crippen molar-refractivity contribution in [3.8, 4) is 0 Å². The first kappa shape index (κ1) is 8.56. The van der Waals surface area contributed by atoms with E-state index >= 15 is 0 Å². The van der Waals surface area contributed by atoms with E-state index in [4.69, 9.17) is 16.7 Å². The molecule has 1 unspecified atom stereocenters. The van der Waals surface area contributed by atoms with Crippen LogP contribution in [0.2, 0.25) is 0 Å². The molecule has 2 nitrogen and oxygen atoms in total. The molecular formula is C7H7ClO2S. The van der Waals surface area contributed by atoms with Gasteiger partial charge in [0.15, 0.2) is 0 Å². The Hall–Kier alpha value is -0.540. The summed E-state index contributed by atoms with van der Waals surface area (Å²) >= 11 is 6.90. The van der Waals surface area contributed by atoms with E-state index in [1.54, 1.807) is 6.07 Å². The van der Waals surface area contributed by atoms with E-state index in [0.717, 1.165) is 4.88 Å². The highest BCUT2D eigenvalue weighted by Crippen LogP contribution is 2.22. The maximum Gasteiger partial charge on any atom is 0.313 e. The summed E-state index contributed by atoms with van der Waals surface area (Å²) in [7, 11) is 0. The minimum Gasteiger partial charge on any atom is -0.481 e. The van der Waals surface area contributed by atoms with Crippen LogP contribution in [0, 0.1) is 0 Å². The standard InChI is InChI=1S/C7H7ClO2S/c8-4-5(7(9)10)6-2-1-3-11-6/h1-3,5H,4H2,(H,9,10). The predicted molar refractivity (Wildman–Crippen MR) is 45.4 cm³/mol. The quantitative estimate of drug-likeness (QED) is 0.742. The van der Waals surface area contributed by atoms with Crippen LogP contribution in [0.15, 0.2) is 17.5 Å². The lowest BCUT2D eigenvalue weighted by atomic mass is 10.1. The van der Waals surface area contributed by atoms with E-state index in [1.165, 1.54) is 11.3 Å². The highest BCUT2D eigenvalue weighted by atomic mass is 35.5. The third-order valence-electron chi connectivity index (χ3n) is 1.34. The topological polar surface area (TPSA) is 37.3 Å². The van der Waals surface area contributed by atoms with Crippen molar-refractivity contribution in [3.05, 3.63) is 22.4 Å². The van der Waals surface area contributed by atoms with Crippen LogP contribution in [-0.4, -0.2) is 17.0 Å². The number of aliphatic carboxylic acids is 1. The van der Waals surface area contributed by atoms with Gasteiger partial charge in [0.1, 0.15) is 5.92 Å². The Labute approximate surface area is 73.4 Å². The number of carboxylic acids is 1. The van der Waals surface area contributed by atoms with Gasteiger partial charge in [-0.1, -0.05) is 6.07 Å². The molecule has 0 aliphatic rings. The first-order valence-corrected chi connectivity index (χ1v) is 4.49. The average Bonchev–Trinajstić information content (AvgIpc) is 2.40. The monoisotopic (exact) mass is 190 g/mol. The predicted octanol–water partition coefficient (Wildman–Crippen LogP) is 2.16. The molecule has 0 fully saturated rings. The Morgan fingerprint density at radius 3 is 2.91 bits per heavy atom. The lowest BCUT2D eigenvalue weighted by Gasteiger charge is -2.03. The van der Waals surface area contributed by atoms with Gasteiger partial charge < -0.3 is 5.11 Å². The minimum absolute atomic E-state index is 0.135. The van der Waals surface area contributed by atoms with Crippen LogP contribution < -0.4 is 0 Å². The molecule has 1 atom stereocenters. The number of hydrogen-bond acceptors (Lipinski definition) is 2. The van der Waals surface area contributed by atoms with Crippen molar-refractivity contribution in [1.82, 2.24) is 0 Å². The van der Waals surface area contributed by atoms with Gasteiger partial charge in [0.2, 0.25) is 0 Å². The summed E-state index contributed by atoms with van der Waals surface area (Å²) in [4.78, 5) is 11.4. The summed E-state index contributed by atoms with van der Waals surface area (Å²) in [5.74, 6) is -1.27. The SMILES string of the molecule is O=C(O)C(CCl)c1cccs1. The molecule has 0 amide bonds. The van der Waals surface area contributed by atoms with E-state index in [-0.39, 0.29) is 5.88 Å². The summed E-state index contributed by atoms with van der Waals surface area (Å²) in [6.45, 7) is 0. The fourth-order valence-corrected chi connectivity index (χ4v) is 1.96. The Kier molecular flexibility index (Phi) is 2.91. The van der Waals surface area contributed by atoms with Crippen molar-refractivity contribution in [2.45, 2.75) is 5.92 Å². The van der Waals surface area contributed by atoms with Crippen molar-refractivity contribution in [3.63, 3.8) is 0 Å². The third kappa shape index (κ3) is 1.94. The molecule has 60 valence electrons. The average molecular weight is 191 g/mol. The first-order valence-electron chi connectivity index (χ1n) is 3.08. The lowest BCUT2D eigenvalue weighted by Crippen LogP contribution is -2.11. The molecular weight excluding hydrogens is 184 g/mol. The molecule has 0 aromatic carbocycles. The van der Waals surface area contributed by atoms with E-state index < -0.39 is 11.9 Å². The molecule has 4 heteroatoms. The van der Waals surface area contributed by atoms with Crippen LogP contribution in [-0.2, 0) is 4.79 Å². The van der Waals surface area contributed by atoms with Gasteiger partial charge >= 0.3 is 5.97 Å². The zero-order chi connectivity index (χ0) is 8.27. The Balaban J connectivity index is 2.79. The van der Waals surface area contributed by atoms with Crippen LogP contribution in [0.1, 0.15) is 10.8 Å². The van der Waals surface area contributed by atoms with Gasteiger partial charge in [0.05, 0.1) is 0 Å². The molecule has 1 rings (SSSR count). The Bertz CT molecular complexity index is 233. The fourth-order valence-electron chi connectivity index (χ4n) is 0.753. The molecule has 0 radical (unpaired) electrons. The van der Waals surface area contributed by atoms with Gasteiger partial charge in [0.25, 0.3) is 0 Å². The highest BCUT2D eigenvalue weighted by Gasteiger charge is 2.18. The molecule has 0 saturated heterocycles. The zero-order valence-corrected chi connectivity index (χ0v) is 7.23. The second-order valence-electron chi connectivity index (χ2n) is 2.06. The fraction of sp³-hybridized carbons (Fsp3) is 0.286. The van der Waals surface area contributed by atoms with Gasteiger partial charge in [0, 0.05) is 10.8 Å². The zero-order valence-electron chi connectivity index (χ0n) is 5.66. The molecule has 11 heavy (non-hydrogen) atoms. The van der Waals surface area contributed by atoms with Crippen LogP contribution in [0.3, 0.4) is 0 Å². The lowest BCUT2D eigenvalue weighted by molar-refractivity contribution is -0.138. The smallest absolute Gasteiger partial charge is 0.313 e. The molecule has 1 heterocycles. The van der Waals surface area contributed by atoms with Gasteiger partial charge in [-0.15, -0.1) is 22.9 Å². The summed E-state index contributed by atoms with van der Waals surface area (Å²) < 4.78 is 0. The molecule has 0 saturated carbocycles. The van der Waals surface area contributed by atoms with Gasteiger partial charge in [-0.2, -0.15) is 0 Å². The highest BCUT2D eigenvalue weighted by molar-refractivity contribution is 7.10. The molecule has 0 aliphatic carbocycles. The third-order valence-corrected chi connectivity index (χ3v) is 2.63. The Morgan fingerprint density at radius 1 is 1.82 bits per heavy atom. The second-order valence-corrected chi connectivity index (χ2v) is 3.35. The summed E-state index contributed by atoms with van der Waals surface area (Å²) in [6, 6.07) is 3.61. The van der Waals surface area contributed by atoms with E-state index in [1.807, 2.05) is 11.4 Å². The molecule has 0 spiro atoms. The van der Waals surface area contributed by atoms with Crippen molar-refractivity contribution in [2.75, 3.05) is 5.88 Å². The van der Waals surface area contributed by atoms with E-state index in [9.17, 15) is 4.79 Å². The molecule has 1 aromatic heterocycles. The number of hydrogen-bond donors (Lipinski definition) is 1. The number of alkyl halides is 1. The van der Waals surface area contributed by atoms with Crippen molar-refractivity contribution >= 4 is 28.9 Å². The summed E-state index contributed by atoms with van der Waals surface area (Å²) in [6.07, 6.45) is 0. The minimum atomic E-state index is -0.859. The van der Waals surface area contributed by atoms with Gasteiger partial charge in [-0.05, 0) is 11.4 Å². The maximum absolute atomic E-state index is 10.6. The largest absolute Gasteiger partial charge is 0.481 e. The first-order chi connectivity index (χ1) is 5.25. The van der Waals surface area contributed by atoms with Gasteiger partial charge in [-0.25, -0.2) is 0 Å². The molecule has 0 bridgehead atoms. The van der Waals surface area contributed by atoms with Crippen molar-refractivity contribution in [1.29, 1.82) is 0 Å². The maximum atomic E-state index is 10.6. The Morgan fingerprint density at radius 2 is 2.55 bits per heavy atom. The summed E-state index contributed by atoms with van der Waals surface area (Å²) in [5, 5.41) is 10.5. The number of thiophene rings is 1. The number of rotatable bonds is 3. The van der Waals surface area contributed by atoms with Gasteiger partial charge in [-0.3, -0.25) is 4.79 Å². The number of halogens is 1. The van der Waals surface area contributed by atoms with Crippen LogP contribution in [0.4, 0.5) is 0 Å². The van der Waals surface area contributed by atoms with Crippen molar-refractivity contribution in [2.24, 2.45) is 0 Å². The summed E-state index contributed by atoms with van der Waals surface area (Å²) in [5.41, 5.74) is 0. The molecule has 0 aliphatic heterocycles. The number of carbonyl (C=O) groups is 1. The van der Waals surface area contributed by atoms with E-state index in [0.29, 0.717) is 0 Å². The van der Waals surface area contributed by atoms with Crippen LogP contribution >= 0.6 is 22.9 Å². The number of carboxylic acid groups (broad SMARTS) is 1. The molecule has 1 aromatic rings. The van der Waals surface area contributed by atoms with Crippen molar-refractivity contribution < 1.29 is 9.90 Å². The second kappa shape index (κ2) is 3.74. The molecule has 1 N–H and O–H groups in total. The normalized spacial score (nSPS) is 12.8. The van der Waals surface area contributed by atoms with E-state index in [2.05, 4.69) is 0 Å². The van der Waals surface area contributed by atoms with Crippen LogP contribution in [0.25, 0.3) is 0 Å². The van der Waals surface area contributed by atoms with Crippen LogP contribution in [0.5, 0.6) is 0 Å².